The Morgan fingerprint density at radius 1 is 1.23 bits per heavy atom. The summed E-state index contributed by atoms with van der Waals surface area (Å²) in [7, 11) is 0. The van der Waals surface area contributed by atoms with Crippen molar-refractivity contribution in [2.24, 2.45) is 0 Å². The first-order valence-corrected chi connectivity index (χ1v) is 9.12. The molecule has 0 aliphatic carbocycles. The van der Waals surface area contributed by atoms with Gasteiger partial charge in [-0.15, -0.1) is 0 Å². The maximum Gasteiger partial charge on any atom is 0.303 e. The summed E-state index contributed by atoms with van der Waals surface area (Å²) in [5.74, 6) is -0.911. The maximum absolute atomic E-state index is 12.6. The lowest BCUT2D eigenvalue weighted by atomic mass is 10.2. The summed E-state index contributed by atoms with van der Waals surface area (Å²) in [6, 6.07) is 10.5. The van der Waals surface area contributed by atoms with Gasteiger partial charge in [-0.05, 0) is 48.9 Å². The second-order valence-electron chi connectivity index (χ2n) is 5.65. The van der Waals surface area contributed by atoms with Gasteiger partial charge in [0.25, 0.3) is 5.91 Å². The van der Waals surface area contributed by atoms with E-state index in [1.165, 1.54) is 16.7 Å². The van der Waals surface area contributed by atoms with E-state index in [1.807, 2.05) is 22.9 Å². The number of aromatic hydroxyl groups is 1. The lowest BCUT2D eigenvalue weighted by Gasteiger charge is -2.13. The predicted molar refractivity (Wildman–Crippen MR) is 104 cm³/mol. The Kier molecular flexibility index (Phi) is 5.43. The summed E-state index contributed by atoms with van der Waals surface area (Å²) < 4.78 is 2.34. The molecule has 26 heavy (non-hydrogen) atoms. The molecule has 0 radical (unpaired) electrons. The molecule has 3 rings (SSSR count). The highest BCUT2D eigenvalue weighted by Crippen LogP contribution is 2.33. The van der Waals surface area contributed by atoms with Crippen molar-refractivity contribution in [2.75, 3.05) is 6.54 Å². The summed E-state index contributed by atoms with van der Waals surface area (Å²) in [4.78, 5) is 25.2. The van der Waals surface area contributed by atoms with E-state index >= 15 is 0 Å². The Bertz CT molecular complexity index is 887. The average Bonchev–Trinajstić information content (AvgIpc) is 3.15. The summed E-state index contributed by atoms with van der Waals surface area (Å²) in [6.07, 6.45) is 3.99. The second kappa shape index (κ2) is 7.76. The van der Waals surface area contributed by atoms with Crippen LogP contribution in [0, 0.1) is 0 Å². The van der Waals surface area contributed by atoms with Gasteiger partial charge in [-0.1, -0.05) is 24.0 Å². The molecule has 1 aromatic heterocycles. The molecule has 0 bridgehead atoms. The quantitative estimate of drug-likeness (QED) is 0.584. The Morgan fingerprint density at radius 3 is 2.65 bits per heavy atom. The van der Waals surface area contributed by atoms with Crippen LogP contribution in [0.5, 0.6) is 5.75 Å². The van der Waals surface area contributed by atoms with Gasteiger partial charge in [-0.2, -0.15) is 0 Å². The number of carbonyl (C=O) groups is 2. The van der Waals surface area contributed by atoms with Gasteiger partial charge in [0.05, 0.1) is 4.91 Å². The van der Waals surface area contributed by atoms with E-state index in [2.05, 4.69) is 0 Å². The molecule has 2 heterocycles. The molecule has 2 aromatic rings. The maximum atomic E-state index is 12.6. The van der Waals surface area contributed by atoms with E-state index in [-0.39, 0.29) is 18.1 Å². The first-order valence-electron chi connectivity index (χ1n) is 7.89. The third kappa shape index (κ3) is 3.97. The van der Waals surface area contributed by atoms with Crippen LogP contribution in [0.4, 0.5) is 0 Å². The van der Waals surface area contributed by atoms with E-state index in [1.54, 1.807) is 30.3 Å². The summed E-state index contributed by atoms with van der Waals surface area (Å²) in [5, 5.41) is 18.2. The van der Waals surface area contributed by atoms with Gasteiger partial charge >= 0.3 is 5.97 Å². The molecular formula is C18H16N2O4S2. The zero-order valence-corrected chi connectivity index (χ0v) is 15.3. The van der Waals surface area contributed by atoms with Gasteiger partial charge in [0.1, 0.15) is 10.1 Å². The topological polar surface area (TPSA) is 82.8 Å². The minimum atomic E-state index is -0.891. The van der Waals surface area contributed by atoms with E-state index in [0.717, 1.165) is 11.4 Å². The van der Waals surface area contributed by atoms with Crippen LogP contribution in [0.3, 0.4) is 0 Å². The molecule has 134 valence electrons. The average molecular weight is 388 g/mol. The molecule has 0 unspecified atom stereocenters. The van der Waals surface area contributed by atoms with Crippen molar-refractivity contribution in [1.29, 1.82) is 0 Å². The third-order valence-electron chi connectivity index (χ3n) is 3.83. The number of aliphatic carboxylic acids is 1. The number of carboxylic acids is 1. The number of thioether (sulfide) groups is 1. The van der Waals surface area contributed by atoms with Crippen LogP contribution < -0.4 is 0 Å². The van der Waals surface area contributed by atoms with Gasteiger partial charge in [-0.25, -0.2) is 0 Å². The Hall–Kier alpha value is -2.58. The van der Waals surface area contributed by atoms with Gasteiger partial charge in [0.2, 0.25) is 0 Å². The van der Waals surface area contributed by atoms with E-state index < -0.39 is 5.97 Å². The molecule has 1 aliphatic rings. The van der Waals surface area contributed by atoms with E-state index in [0.29, 0.717) is 22.2 Å². The second-order valence-corrected chi connectivity index (χ2v) is 7.33. The first-order chi connectivity index (χ1) is 12.5. The highest BCUT2D eigenvalue weighted by atomic mass is 32.2. The summed E-state index contributed by atoms with van der Waals surface area (Å²) in [6.45, 7) is 0.299. The van der Waals surface area contributed by atoms with E-state index in [4.69, 9.17) is 17.3 Å². The molecule has 0 atom stereocenters. The molecule has 1 fully saturated rings. The number of amides is 1. The molecule has 6 nitrogen and oxygen atoms in total. The Morgan fingerprint density at radius 2 is 1.96 bits per heavy atom. The Labute approximate surface area is 159 Å². The number of carbonyl (C=O) groups excluding carboxylic acids is 1. The highest BCUT2D eigenvalue weighted by Gasteiger charge is 2.31. The lowest BCUT2D eigenvalue weighted by Crippen LogP contribution is -2.29. The number of aromatic nitrogens is 1. The van der Waals surface area contributed by atoms with Crippen molar-refractivity contribution in [3.8, 4) is 11.4 Å². The number of carboxylic acid groups (broad SMARTS) is 1. The van der Waals surface area contributed by atoms with Crippen LogP contribution in [-0.2, 0) is 9.59 Å². The van der Waals surface area contributed by atoms with Crippen molar-refractivity contribution >= 4 is 46.3 Å². The Balaban J connectivity index is 1.80. The molecule has 2 N–H and O–H groups in total. The molecule has 0 saturated carbocycles. The van der Waals surface area contributed by atoms with Crippen molar-refractivity contribution in [3.63, 3.8) is 0 Å². The monoisotopic (exact) mass is 388 g/mol. The zero-order chi connectivity index (χ0) is 18.7. The zero-order valence-electron chi connectivity index (χ0n) is 13.7. The number of phenols is 1. The normalized spacial score (nSPS) is 15.8. The smallest absolute Gasteiger partial charge is 0.303 e. The van der Waals surface area contributed by atoms with Crippen molar-refractivity contribution in [1.82, 2.24) is 9.47 Å². The van der Waals surface area contributed by atoms with Gasteiger partial charge in [-0.3, -0.25) is 14.5 Å². The SMILES string of the molecule is O=C(O)CCCN1C(=O)C(=Cc2cccn2-c2ccc(O)cc2)SC1=S. The van der Waals surface area contributed by atoms with E-state index in [9.17, 15) is 14.7 Å². The number of benzene rings is 1. The van der Waals surface area contributed by atoms with Crippen LogP contribution in [0.1, 0.15) is 18.5 Å². The van der Waals surface area contributed by atoms with Gasteiger partial charge in [0.15, 0.2) is 0 Å². The molecule has 1 amide bonds. The fraction of sp³-hybridized carbons (Fsp3) is 0.167. The van der Waals surface area contributed by atoms with Crippen LogP contribution in [0.25, 0.3) is 11.8 Å². The number of hydrogen-bond acceptors (Lipinski definition) is 5. The summed E-state index contributed by atoms with van der Waals surface area (Å²) in [5.41, 5.74) is 1.66. The van der Waals surface area contributed by atoms with Crippen LogP contribution in [-0.4, -0.2) is 42.4 Å². The minimum Gasteiger partial charge on any atom is -0.508 e. The molecule has 1 saturated heterocycles. The number of nitrogens with zero attached hydrogens (tertiary/aromatic N) is 2. The molecule has 1 aliphatic heterocycles. The van der Waals surface area contributed by atoms with Crippen LogP contribution >= 0.6 is 24.0 Å². The number of phenolic OH excluding ortho intramolecular Hbond substituents is 1. The van der Waals surface area contributed by atoms with Gasteiger partial charge < -0.3 is 14.8 Å². The molecule has 8 heteroatoms. The van der Waals surface area contributed by atoms with Gasteiger partial charge in [0, 0.05) is 30.5 Å². The number of rotatable bonds is 6. The predicted octanol–water partition coefficient (Wildman–Crippen LogP) is 3.25. The highest BCUT2D eigenvalue weighted by molar-refractivity contribution is 8.26. The van der Waals surface area contributed by atoms with Crippen LogP contribution in [0.2, 0.25) is 0 Å². The van der Waals surface area contributed by atoms with Crippen molar-refractivity contribution < 1.29 is 19.8 Å². The fourth-order valence-electron chi connectivity index (χ4n) is 2.58. The van der Waals surface area contributed by atoms with Crippen molar-refractivity contribution in [2.45, 2.75) is 12.8 Å². The first kappa shape index (κ1) is 18.2. The molecule has 1 aromatic carbocycles. The minimum absolute atomic E-state index is 0.000188. The van der Waals surface area contributed by atoms with Crippen LogP contribution in [0.15, 0.2) is 47.5 Å². The number of hydrogen-bond donors (Lipinski definition) is 2. The number of thiocarbonyl (C=S) groups is 1. The van der Waals surface area contributed by atoms with Crippen molar-refractivity contribution in [3.05, 3.63) is 53.2 Å². The molecular weight excluding hydrogens is 372 g/mol. The summed E-state index contributed by atoms with van der Waals surface area (Å²) >= 11 is 6.47. The third-order valence-corrected chi connectivity index (χ3v) is 5.21. The molecule has 0 spiro atoms. The standard InChI is InChI=1S/C18H16N2O4S2/c21-14-7-5-12(6-8-14)19-9-1-3-13(19)11-15-17(24)20(18(25)26-15)10-2-4-16(22)23/h1,3,5-9,11,21H,2,4,10H2,(H,22,23). The largest absolute Gasteiger partial charge is 0.508 e. The lowest BCUT2D eigenvalue weighted by molar-refractivity contribution is -0.137. The fourth-order valence-corrected chi connectivity index (χ4v) is 3.87.